The van der Waals surface area contributed by atoms with E-state index in [-0.39, 0.29) is 5.92 Å². The summed E-state index contributed by atoms with van der Waals surface area (Å²) in [5.41, 5.74) is 0. The molecule has 2 aromatic rings. The average Bonchev–Trinajstić information content (AvgIpc) is 3.10. The van der Waals surface area contributed by atoms with Crippen molar-refractivity contribution in [2.24, 2.45) is 13.0 Å². The third-order valence-corrected chi connectivity index (χ3v) is 5.20. The van der Waals surface area contributed by atoms with E-state index in [0.717, 1.165) is 57.2 Å². The first-order chi connectivity index (χ1) is 11.7. The summed E-state index contributed by atoms with van der Waals surface area (Å²) in [5, 5.41) is 0. The van der Waals surface area contributed by atoms with Gasteiger partial charge in [-0.1, -0.05) is 0 Å². The second-order valence-corrected chi connectivity index (χ2v) is 6.87. The third kappa shape index (κ3) is 3.11. The van der Waals surface area contributed by atoms with Crippen molar-refractivity contribution in [3.05, 3.63) is 42.4 Å². The number of imidazole rings is 1. The molecule has 0 N–H and O–H groups in total. The zero-order chi connectivity index (χ0) is 16.5. The summed E-state index contributed by atoms with van der Waals surface area (Å²) in [6.45, 7) is 4.45. The molecule has 3 heterocycles. The van der Waals surface area contributed by atoms with Gasteiger partial charge in [0.05, 0.1) is 12.8 Å². The van der Waals surface area contributed by atoms with Crippen molar-refractivity contribution in [2.75, 3.05) is 26.2 Å². The van der Waals surface area contributed by atoms with Gasteiger partial charge in [-0.15, -0.1) is 0 Å². The molecule has 2 aromatic heterocycles. The largest absolute Gasteiger partial charge is 0.469 e. The maximum absolute atomic E-state index is 12.7. The van der Waals surface area contributed by atoms with Gasteiger partial charge in [-0.3, -0.25) is 9.69 Å². The Morgan fingerprint density at radius 3 is 3.00 bits per heavy atom. The highest BCUT2D eigenvalue weighted by molar-refractivity contribution is 5.82. The fraction of sp³-hybridized carbons (Fsp3) is 0.556. The van der Waals surface area contributed by atoms with Crippen LogP contribution in [0.4, 0.5) is 0 Å². The number of carbonyl (C=O) groups excluding carboxylic acids is 1. The molecule has 1 aliphatic carbocycles. The molecule has 24 heavy (non-hydrogen) atoms. The molecular weight excluding hydrogens is 304 g/mol. The molecule has 1 aliphatic heterocycles. The van der Waals surface area contributed by atoms with E-state index in [0.29, 0.717) is 11.8 Å². The van der Waals surface area contributed by atoms with Crippen molar-refractivity contribution in [2.45, 2.75) is 25.3 Å². The number of nitrogens with zero attached hydrogens (tertiary/aromatic N) is 4. The number of carbonyl (C=O) groups is 1. The normalized spacial score (nSPS) is 24.8. The van der Waals surface area contributed by atoms with E-state index in [1.807, 2.05) is 36.5 Å². The Bertz CT molecular complexity index is 694. The highest BCUT2D eigenvalue weighted by Gasteiger charge is 2.47. The van der Waals surface area contributed by atoms with Crippen LogP contribution in [0.15, 0.2) is 35.2 Å². The Morgan fingerprint density at radius 2 is 2.25 bits per heavy atom. The van der Waals surface area contributed by atoms with Gasteiger partial charge in [-0.05, 0) is 25.0 Å². The topological polar surface area (TPSA) is 54.5 Å². The van der Waals surface area contributed by atoms with Gasteiger partial charge in [-0.25, -0.2) is 4.98 Å². The molecule has 1 saturated carbocycles. The number of hydrogen-bond donors (Lipinski definition) is 0. The van der Waals surface area contributed by atoms with Gasteiger partial charge in [0.2, 0.25) is 5.91 Å². The summed E-state index contributed by atoms with van der Waals surface area (Å²) in [5.74, 6) is 2.75. The van der Waals surface area contributed by atoms with Crippen LogP contribution in [-0.2, 0) is 18.4 Å². The van der Waals surface area contributed by atoms with E-state index in [2.05, 4.69) is 14.5 Å². The minimum Gasteiger partial charge on any atom is -0.469 e. The molecule has 0 unspecified atom stereocenters. The molecule has 128 valence electrons. The van der Waals surface area contributed by atoms with E-state index in [4.69, 9.17) is 4.42 Å². The first-order valence-corrected chi connectivity index (χ1v) is 8.73. The lowest BCUT2D eigenvalue weighted by Gasteiger charge is -2.22. The van der Waals surface area contributed by atoms with E-state index >= 15 is 0 Å². The molecule has 2 aliphatic rings. The van der Waals surface area contributed by atoms with Crippen LogP contribution in [0.3, 0.4) is 0 Å². The van der Waals surface area contributed by atoms with Crippen LogP contribution in [0.5, 0.6) is 0 Å². The van der Waals surface area contributed by atoms with Crippen LogP contribution in [0.25, 0.3) is 0 Å². The van der Waals surface area contributed by atoms with Crippen LogP contribution in [-0.4, -0.2) is 51.4 Å². The van der Waals surface area contributed by atoms with Gasteiger partial charge in [0.25, 0.3) is 0 Å². The van der Waals surface area contributed by atoms with Crippen LogP contribution >= 0.6 is 0 Å². The molecule has 1 amide bonds. The lowest BCUT2D eigenvalue weighted by Crippen LogP contribution is -2.36. The molecule has 6 nitrogen and oxygen atoms in total. The molecule has 2 fully saturated rings. The molecule has 0 aromatic carbocycles. The van der Waals surface area contributed by atoms with E-state index in [1.165, 1.54) is 0 Å². The quantitative estimate of drug-likeness (QED) is 0.859. The van der Waals surface area contributed by atoms with Crippen molar-refractivity contribution in [3.63, 3.8) is 0 Å². The molecule has 6 heteroatoms. The first-order valence-electron chi connectivity index (χ1n) is 8.73. The number of aromatic nitrogens is 2. The Kier molecular flexibility index (Phi) is 4.14. The minimum absolute atomic E-state index is 0.122. The van der Waals surface area contributed by atoms with E-state index < -0.39 is 0 Å². The van der Waals surface area contributed by atoms with Crippen molar-refractivity contribution < 1.29 is 9.21 Å². The summed E-state index contributed by atoms with van der Waals surface area (Å²) in [7, 11) is 2.03. The van der Waals surface area contributed by atoms with E-state index in [9.17, 15) is 4.79 Å². The molecule has 2 atom stereocenters. The third-order valence-electron chi connectivity index (χ3n) is 5.20. The maximum Gasteiger partial charge on any atom is 0.226 e. The zero-order valence-corrected chi connectivity index (χ0v) is 14.1. The van der Waals surface area contributed by atoms with Gasteiger partial charge in [0.15, 0.2) is 0 Å². The molecule has 0 bridgehead atoms. The Morgan fingerprint density at radius 1 is 1.33 bits per heavy atom. The van der Waals surface area contributed by atoms with Gasteiger partial charge in [0.1, 0.15) is 11.6 Å². The van der Waals surface area contributed by atoms with Crippen molar-refractivity contribution in [3.8, 4) is 0 Å². The van der Waals surface area contributed by atoms with Gasteiger partial charge in [-0.2, -0.15) is 0 Å². The summed E-state index contributed by atoms with van der Waals surface area (Å²) < 4.78 is 7.51. The van der Waals surface area contributed by atoms with Crippen LogP contribution in [0.1, 0.15) is 30.3 Å². The first kappa shape index (κ1) is 15.4. The standard InChI is InChI=1S/C18H24N4O2/c1-20-8-5-19-17(20)13-21-6-3-7-22(10-9-21)18(23)15-12-14(15)16-4-2-11-24-16/h2,4-5,8,11,14-15H,3,6-7,9-10,12-13H2,1H3/t14-,15+/m1/s1. The number of furan rings is 1. The Labute approximate surface area is 142 Å². The fourth-order valence-electron chi connectivity index (χ4n) is 3.62. The molecular formula is C18H24N4O2. The monoisotopic (exact) mass is 328 g/mol. The summed E-state index contributed by atoms with van der Waals surface area (Å²) in [6.07, 6.45) is 7.46. The van der Waals surface area contributed by atoms with Crippen molar-refractivity contribution in [1.82, 2.24) is 19.4 Å². The fourth-order valence-corrected chi connectivity index (χ4v) is 3.62. The Balaban J connectivity index is 1.32. The molecule has 1 saturated heterocycles. The number of aryl methyl sites for hydroxylation is 1. The summed E-state index contributed by atoms with van der Waals surface area (Å²) >= 11 is 0. The maximum atomic E-state index is 12.7. The van der Waals surface area contributed by atoms with Gasteiger partial charge in [0, 0.05) is 57.5 Å². The molecule has 0 spiro atoms. The second kappa shape index (κ2) is 6.43. The van der Waals surface area contributed by atoms with Crippen LogP contribution in [0, 0.1) is 5.92 Å². The lowest BCUT2D eigenvalue weighted by molar-refractivity contribution is -0.132. The SMILES string of the molecule is Cn1ccnc1CN1CCCN(C(=O)[C@H]2C[C@H]2c2ccco2)CC1. The van der Waals surface area contributed by atoms with Gasteiger partial charge < -0.3 is 13.9 Å². The summed E-state index contributed by atoms with van der Waals surface area (Å²) in [6, 6.07) is 3.88. The van der Waals surface area contributed by atoms with Crippen LogP contribution in [0.2, 0.25) is 0 Å². The predicted molar refractivity (Wildman–Crippen MR) is 89.2 cm³/mol. The lowest BCUT2D eigenvalue weighted by atomic mass is 10.2. The van der Waals surface area contributed by atoms with Crippen molar-refractivity contribution in [1.29, 1.82) is 0 Å². The average molecular weight is 328 g/mol. The highest BCUT2D eigenvalue weighted by atomic mass is 16.3. The number of rotatable bonds is 4. The Hall–Kier alpha value is -2.08. The second-order valence-electron chi connectivity index (χ2n) is 6.87. The minimum atomic E-state index is 0.122. The van der Waals surface area contributed by atoms with Gasteiger partial charge >= 0.3 is 0 Å². The number of amides is 1. The smallest absolute Gasteiger partial charge is 0.226 e. The summed E-state index contributed by atoms with van der Waals surface area (Å²) in [4.78, 5) is 21.6. The predicted octanol–water partition coefficient (Wildman–Crippen LogP) is 1.85. The number of hydrogen-bond acceptors (Lipinski definition) is 4. The zero-order valence-electron chi connectivity index (χ0n) is 14.1. The van der Waals surface area contributed by atoms with Crippen LogP contribution < -0.4 is 0 Å². The molecule has 4 rings (SSSR count). The highest BCUT2D eigenvalue weighted by Crippen LogP contribution is 2.48. The molecule has 0 radical (unpaired) electrons. The van der Waals surface area contributed by atoms with Crippen molar-refractivity contribution >= 4 is 5.91 Å². The van der Waals surface area contributed by atoms with E-state index in [1.54, 1.807) is 6.26 Å².